The summed E-state index contributed by atoms with van der Waals surface area (Å²) in [5.74, 6) is -1.01. The maximum Gasteiger partial charge on any atom is 0.345 e. The number of carbonyl (C=O) groups is 1. The standard InChI is InChI=1S/C11H4Cl4O2S/c12-4-3-5(13)10(15)8(9(4)14)6-1-2-7(18-6)11(16)17/h1-3H,(H,16,17). The number of benzene rings is 1. The molecule has 2 nitrogen and oxygen atoms in total. The number of hydrogen-bond acceptors (Lipinski definition) is 2. The van der Waals surface area contributed by atoms with Crippen molar-refractivity contribution in [1.29, 1.82) is 0 Å². The van der Waals surface area contributed by atoms with Crippen molar-refractivity contribution < 1.29 is 9.90 Å². The van der Waals surface area contributed by atoms with E-state index < -0.39 is 5.97 Å². The van der Waals surface area contributed by atoms with Gasteiger partial charge in [0.25, 0.3) is 0 Å². The summed E-state index contributed by atoms with van der Waals surface area (Å²) in [5, 5.41) is 9.93. The Morgan fingerprint density at radius 3 is 2.06 bits per heavy atom. The summed E-state index contributed by atoms with van der Waals surface area (Å²) in [6, 6.07) is 4.54. The first kappa shape index (κ1) is 14.0. The van der Waals surface area contributed by atoms with Crippen LogP contribution >= 0.6 is 57.7 Å². The van der Waals surface area contributed by atoms with Gasteiger partial charge in [-0.1, -0.05) is 46.4 Å². The van der Waals surface area contributed by atoms with Crippen LogP contribution in [0, 0.1) is 0 Å². The van der Waals surface area contributed by atoms with Gasteiger partial charge in [0.05, 0.1) is 20.1 Å². The molecule has 94 valence electrons. The van der Waals surface area contributed by atoms with Crippen molar-refractivity contribution in [1.82, 2.24) is 0 Å². The highest BCUT2D eigenvalue weighted by atomic mass is 35.5. The van der Waals surface area contributed by atoms with E-state index in [2.05, 4.69) is 0 Å². The number of thiophene rings is 1. The SMILES string of the molecule is O=C(O)c1ccc(-c2c(Cl)c(Cl)cc(Cl)c2Cl)s1. The van der Waals surface area contributed by atoms with Crippen molar-refractivity contribution in [3.05, 3.63) is 43.2 Å². The summed E-state index contributed by atoms with van der Waals surface area (Å²) in [7, 11) is 0. The number of aromatic carboxylic acids is 1. The van der Waals surface area contributed by atoms with Crippen LogP contribution in [0.5, 0.6) is 0 Å². The Labute approximate surface area is 127 Å². The van der Waals surface area contributed by atoms with Gasteiger partial charge < -0.3 is 5.11 Å². The average molecular weight is 342 g/mol. The molecule has 0 aliphatic carbocycles. The van der Waals surface area contributed by atoms with Gasteiger partial charge in [0.1, 0.15) is 4.88 Å². The van der Waals surface area contributed by atoms with Crippen LogP contribution in [-0.2, 0) is 0 Å². The van der Waals surface area contributed by atoms with Crippen molar-refractivity contribution in [2.24, 2.45) is 0 Å². The van der Waals surface area contributed by atoms with Crippen molar-refractivity contribution >= 4 is 63.7 Å². The van der Waals surface area contributed by atoms with E-state index in [9.17, 15) is 4.79 Å². The molecule has 0 radical (unpaired) electrons. The zero-order valence-electron chi connectivity index (χ0n) is 8.51. The predicted octanol–water partition coefficient (Wildman–Crippen LogP) is 5.73. The molecule has 0 saturated carbocycles. The van der Waals surface area contributed by atoms with Crippen molar-refractivity contribution in [2.75, 3.05) is 0 Å². The largest absolute Gasteiger partial charge is 0.477 e. The lowest BCUT2D eigenvalue weighted by Crippen LogP contribution is -1.89. The number of carboxylic acid groups (broad SMARTS) is 1. The molecule has 0 atom stereocenters. The number of hydrogen-bond donors (Lipinski definition) is 1. The maximum absolute atomic E-state index is 10.8. The molecule has 1 heterocycles. The smallest absolute Gasteiger partial charge is 0.345 e. The fraction of sp³-hybridized carbons (Fsp3) is 0. The zero-order valence-corrected chi connectivity index (χ0v) is 12.3. The summed E-state index contributed by atoms with van der Waals surface area (Å²) >= 11 is 25.1. The normalized spacial score (nSPS) is 10.7. The van der Waals surface area contributed by atoms with Crippen molar-refractivity contribution in [3.63, 3.8) is 0 Å². The van der Waals surface area contributed by atoms with E-state index in [1.807, 2.05) is 0 Å². The van der Waals surface area contributed by atoms with Crippen molar-refractivity contribution in [2.45, 2.75) is 0 Å². The molecule has 0 aliphatic rings. The lowest BCUT2D eigenvalue weighted by Gasteiger charge is -2.08. The summed E-state index contributed by atoms with van der Waals surface area (Å²) in [6.45, 7) is 0. The van der Waals surface area contributed by atoms with Gasteiger partial charge in [-0.05, 0) is 18.2 Å². The van der Waals surface area contributed by atoms with Crippen LogP contribution in [0.15, 0.2) is 18.2 Å². The minimum atomic E-state index is -1.01. The van der Waals surface area contributed by atoms with E-state index in [0.29, 0.717) is 10.4 Å². The third-order valence-corrected chi connectivity index (χ3v) is 4.84. The molecule has 0 spiro atoms. The first-order valence-electron chi connectivity index (χ1n) is 4.58. The second kappa shape index (κ2) is 5.27. The Morgan fingerprint density at radius 1 is 1.06 bits per heavy atom. The number of rotatable bonds is 2. The van der Waals surface area contributed by atoms with E-state index in [0.717, 1.165) is 11.3 Å². The van der Waals surface area contributed by atoms with Gasteiger partial charge in [-0.2, -0.15) is 0 Å². The Hall–Kier alpha value is -0.450. The molecule has 7 heteroatoms. The van der Waals surface area contributed by atoms with E-state index in [1.54, 1.807) is 6.07 Å². The van der Waals surface area contributed by atoms with Crippen LogP contribution in [0.1, 0.15) is 9.67 Å². The molecule has 1 aromatic carbocycles. The van der Waals surface area contributed by atoms with Gasteiger partial charge in [0.2, 0.25) is 0 Å². The fourth-order valence-electron chi connectivity index (χ4n) is 1.38. The molecular weight excluding hydrogens is 338 g/mol. The molecule has 2 rings (SSSR count). The van der Waals surface area contributed by atoms with Gasteiger partial charge in [0, 0.05) is 10.4 Å². The lowest BCUT2D eigenvalue weighted by atomic mass is 10.2. The highest BCUT2D eigenvalue weighted by molar-refractivity contribution is 7.17. The van der Waals surface area contributed by atoms with Gasteiger partial charge in [-0.3, -0.25) is 0 Å². The van der Waals surface area contributed by atoms with Crippen LogP contribution in [-0.4, -0.2) is 11.1 Å². The van der Waals surface area contributed by atoms with E-state index in [-0.39, 0.29) is 25.0 Å². The monoisotopic (exact) mass is 340 g/mol. The van der Waals surface area contributed by atoms with Crippen LogP contribution in [0.2, 0.25) is 20.1 Å². The lowest BCUT2D eigenvalue weighted by molar-refractivity contribution is 0.0702. The molecule has 0 unspecified atom stereocenters. The maximum atomic E-state index is 10.8. The van der Waals surface area contributed by atoms with Gasteiger partial charge >= 0.3 is 5.97 Å². The van der Waals surface area contributed by atoms with E-state index in [4.69, 9.17) is 51.5 Å². The van der Waals surface area contributed by atoms with Gasteiger partial charge in [0.15, 0.2) is 0 Å². The zero-order chi connectivity index (χ0) is 13.4. The van der Waals surface area contributed by atoms with Crippen LogP contribution in [0.25, 0.3) is 10.4 Å². The summed E-state index contributed by atoms with van der Waals surface area (Å²) < 4.78 is 0. The van der Waals surface area contributed by atoms with Crippen LogP contribution in [0.4, 0.5) is 0 Å². The Bertz CT molecular complexity index is 610. The molecule has 2 aromatic rings. The summed E-state index contributed by atoms with van der Waals surface area (Å²) in [5.41, 5.74) is 0.452. The van der Waals surface area contributed by atoms with Crippen LogP contribution in [0.3, 0.4) is 0 Å². The third kappa shape index (κ3) is 2.46. The molecule has 0 aliphatic heterocycles. The van der Waals surface area contributed by atoms with E-state index in [1.165, 1.54) is 12.1 Å². The summed E-state index contributed by atoms with van der Waals surface area (Å²) in [4.78, 5) is 11.6. The third-order valence-electron chi connectivity index (χ3n) is 2.17. The second-order valence-electron chi connectivity index (χ2n) is 3.31. The molecular formula is C11H4Cl4O2S. The topological polar surface area (TPSA) is 37.3 Å². The van der Waals surface area contributed by atoms with Gasteiger partial charge in [-0.15, -0.1) is 11.3 Å². The Balaban J connectivity index is 2.66. The fourth-order valence-corrected chi connectivity index (χ4v) is 3.40. The molecule has 0 fully saturated rings. The quantitative estimate of drug-likeness (QED) is 0.708. The van der Waals surface area contributed by atoms with Gasteiger partial charge in [-0.25, -0.2) is 4.79 Å². The molecule has 0 amide bonds. The molecule has 0 bridgehead atoms. The van der Waals surface area contributed by atoms with Crippen molar-refractivity contribution in [3.8, 4) is 10.4 Å². The first-order chi connectivity index (χ1) is 8.41. The second-order valence-corrected chi connectivity index (χ2v) is 5.97. The average Bonchev–Trinajstić information content (AvgIpc) is 2.76. The Kier molecular flexibility index (Phi) is 4.09. The Morgan fingerprint density at radius 2 is 1.61 bits per heavy atom. The predicted molar refractivity (Wildman–Crippen MR) is 76.8 cm³/mol. The molecule has 1 N–H and O–H groups in total. The minimum absolute atomic E-state index is 0.188. The highest BCUT2D eigenvalue weighted by Crippen LogP contribution is 2.45. The number of halogens is 4. The molecule has 0 saturated heterocycles. The molecule has 18 heavy (non-hydrogen) atoms. The number of carboxylic acids is 1. The first-order valence-corrected chi connectivity index (χ1v) is 6.91. The highest BCUT2D eigenvalue weighted by Gasteiger charge is 2.18. The molecule has 1 aromatic heterocycles. The van der Waals surface area contributed by atoms with E-state index >= 15 is 0 Å². The minimum Gasteiger partial charge on any atom is -0.477 e. The summed E-state index contributed by atoms with van der Waals surface area (Å²) in [6.07, 6.45) is 0. The van der Waals surface area contributed by atoms with Crippen LogP contribution < -0.4 is 0 Å².